The summed E-state index contributed by atoms with van der Waals surface area (Å²) in [5.41, 5.74) is 0.878. The van der Waals surface area contributed by atoms with Gasteiger partial charge in [-0.15, -0.1) is 0 Å². The first-order valence-corrected chi connectivity index (χ1v) is 7.67. The first-order chi connectivity index (χ1) is 11.1. The van der Waals surface area contributed by atoms with E-state index in [0.717, 1.165) is 18.4 Å². The molecule has 1 fully saturated rings. The van der Waals surface area contributed by atoms with Crippen molar-refractivity contribution in [1.82, 2.24) is 16.0 Å². The van der Waals surface area contributed by atoms with E-state index in [0.29, 0.717) is 31.0 Å². The molecule has 0 radical (unpaired) electrons. The third kappa shape index (κ3) is 4.77. The molecule has 1 aromatic rings. The maximum Gasteiger partial charge on any atom is 0.315 e. The molecule has 1 saturated heterocycles. The summed E-state index contributed by atoms with van der Waals surface area (Å²) < 4.78 is 10.4. The monoisotopic (exact) mass is 321 g/mol. The number of amides is 3. The van der Waals surface area contributed by atoms with Crippen LogP contribution in [-0.2, 0) is 11.3 Å². The number of nitrogens with one attached hydrogen (secondary N) is 3. The second kappa shape index (κ2) is 8.26. The van der Waals surface area contributed by atoms with Gasteiger partial charge in [-0.3, -0.25) is 4.79 Å². The number of carbonyl (C=O) groups excluding carboxylic acids is 2. The molecule has 1 atom stereocenters. The van der Waals surface area contributed by atoms with E-state index in [-0.39, 0.29) is 11.9 Å². The van der Waals surface area contributed by atoms with Crippen molar-refractivity contribution in [2.45, 2.75) is 31.8 Å². The molecular weight excluding hydrogens is 298 g/mol. The summed E-state index contributed by atoms with van der Waals surface area (Å²) in [6, 6.07) is 4.61. The van der Waals surface area contributed by atoms with Gasteiger partial charge in [-0.2, -0.15) is 0 Å². The van der Waals surface area contributed by atoms with Crippen LogP contribution < -0.4 is 25.4 Å². The number of urea groups is 1. The summed E-state index contributed by atoms with van der Waals surface area (Å²) in [7, 11) is 3.13. The number of benzene rings is 1. The lowest BCUT2D eigenvalue weighted by molar-refractivity contribution is -0.122. The fourth-order valence-corrected chi connectivity index (χ4v) is 2.46. The molecule has 0 spiro atoms. The summed E-state index contributed by atoms with van der Waals surface area (Å²) in [5, 5.41) is 8.25. The molecular formula is C16H23N3O4. The summed E-state index contributed by atoms with van der Waals surface area (Å²) in [4.78, 5) is 23.8. The van der Waals surface area contributed by atoms with Gasteiger partial charge in [0.1, 0.15) is 6.04 Å². The van der Waals surface area contributed by atoms with Gasteiger partial charge in [-0.25, -0.2) is 4.79 Å². The molecule has 0 aromatic heterocycles. The van der Waals surface area contributed by atoms with Gasteiger partial charge in [0.2, 0.25) is 5.91 Å². The lowest BCUT2D eigenvalue weighted by Gasteiger charge is -2.16. The number of ether oxygens (including phenoxy) is 2. The van der Waals surface area contributed by atoms with E-state index >= 15 is 0 Å². The van der Waals surface area contributed by atoms with Gasteiger partial charge < -0.3 is 25.4 Å². The molecule has 1 heterocycles. The molecule has 7 nitrogen and oxygen atoms in total. The first-order valence-electron chi connectivity index (χ1n) is 7.67. The van der Waals surface area contributed by atoms with Crippen molar-refractivity contribution in [3.63, 3.8) is 0 Å². The summed E-state index contributed by atoms with van der Waals surface area (Å²) in [6.07, 6.45) is 2.52. The van der Waals surface area contributed by atoms with Crippen molar-refractivity contribution >= 4 is 11.9 Å². The van der Waals surface area contributed by atoms with Crippen LogP contribution in [0.4, 0.5) is 4.79 Å². The quantitative estimate of drug-likeness (QED) is 0.759. The molecule has 2 rings (SSSR count). The molecule has 1 aromatic carbocycles. The Morgan fingerprint density at radius 2 is 2.04 bits per heavy atom. The van der Waals surface area contributed by atoms with Crippen LogP contribution in [0.15, 0.2) is 18.2 Å². The van der Waals surface area contributed by atoms with Crippen molar-refractivity contribution in [2.75, 3.05) is 20.8 Å². The highest BCUT2D eigenvalue weighted by molar-refractivity contribution is 5.87. The average Bonchev–Trinajstić information content (AvgIpc) is 2.77. The van der Waals surface area contributed by atoms with Crippen molar-refractivity contribution in [2.24, 2.45) is 0 Å². The third-order valence-electron chi connectivity index (χ3n) is 3.74. The van der Waals surface area contributed by atoms with E-state index < -0.39 is 6.04 Å². The van der Waals surface area contributed by atoms with Gasteiger partial charge >= 0.3 is 6.03 Å². The minimum absolute atomic E-state index is 0.122. The molecule has 3 N–H and O–H groups in total. The second-order valence-corrected chi connectivity index (χ2v) is 5.36. The maximum atomic E-state index is 12.0. The lowest BCUT2D eigenvalue weighted by Crippen LogP contribution is -2.48. The number of methoxy groups -OCH3 is 2. The van der Waals surface area contributed by atoms with Crippen LogP contribution in [0.1, 0.15) is 24.8 Å². The molecule has 126 valence electrons. The zero-order valence-electron chi connectivity index (χ0n) is 13.5. The zero-order valence-corrected chi connectivity index (χ0v) is 13.5. The molecule has 3 amide bonds. The van der Waals surface area contributed by atoms with Gasteiger partial charge in [-0.1, -0.05) is 6.07 Å². The summed E-state index contributed by atoms with van der Waals surface area (Å²) >= 11 is 0. The Morgan fingerprint density at radius 1 is 1.26 bits per heavy atom. The van der Waals surface area contributed by atoms with Crippen LogP contribution in [0.3, 0.4) is 0 Å². The third-order valence-corrected chi connectivity index (χ3v) is 3.74. The average molecular weight is 321 g/mol. The molecule has 0 saturated carbocycles. The number of hydrogen-bond donors (Lipinski definition) is 3. The second-order valence-electron chi connectivity index (χ2n) is 5.36. The predicted molar refractivity (Wildman–Crippen MR) is 85.6 cm³/mol. The van der Waals surface area contributed by atoms with Crippen molar-refractivity contribution in [3.05, 3.63) is 23.8 Å². The summed E-state index contributed by atoms with van der Waals surface area (Å²) in [6.45, 7) is 1.00. The zero-order chi connectivity index (χ0) is 16.7. The van der Waals surface area contributed by atoms with Crippen LogP contribution in [-0.4, -0.2) is 38.7 Å². The fraction of sp³-hybridized carbons (Fsp3) is 0.500. The fourth-order valence-electron chi connectivity index (χ4n) is 2.46. The molecule has 1 aliphatic rings. The summed E-state index contributed by atoms with van der Waals surface area (Å²) in [5.74, 6) is 1.12. The molecule has 0 aliphatic carbocycles. The minimum Gasteiger partial charge on any atom is -0.493 e. The smallest absolute Gasteiger partial charge is 0.315 e. The SMILES string of the molecule is COc1ccc(CNC(=O)N[C@H]2CCCCNC2=O)cc1OC. The van der Waals surface area contributed by atoms with Crippen molar-refractivity contribution in [1.29, 1.82) is 0 Å². The Bertz CT molecular complexity index is 562. The minimum atomic E-state index is -0.470. The first kappa shape index (κ1) is 16.9. The maximum absolute atomic E-state index is 12.0. The van der Waals surface area contributed by atoms with E-state index in [1.807, 2.05) is 6.07 Å². The Hall–Kier alpha value is -2.44. The van der Waals surface area contributed by atoms with E-state index in [1.165, 1.54) is 0 Å². The topological polar surface area (TPSA) is 88.7 Å². The van der Waals surface area contributed by atoms with Gasteiger partial charge in [0, 0.05) is 13.1 Å². The standard InChI is InChI=1S/C16H23N3O4/c1-22-13-7-6-11(9-14(13)23-2)10-18-16(21)19-12-5-3-4-8-17-15(12)20/h6-7,9,12H,3-5,8,10H2,1-2H3,(H,17,20)(H2,18,19,21)/t12-/m0/s1. The van der Waals surface area contributed by atoms with Crippen LogP contribution in [0.25, 0.3) is 0 Å². The van der Waals surface area contributed by atoms with Gasteiger partial charge in [0.05, 0.1) is 14.2 Å². The van der Waals surface area contributed by atoms with E-state index in [2.05, 4.69) is 16.0 Å². The molecule has 1 aliphatic heterocycles. The Morgan fingerprint density at radius 3 is 2.78 bits per heavy atom. The highest BCUT2D eigenvalue weighted by Gasteiger charge is 2.22. The highest BCUT2D eigenvalue weighted by Crippen LogP contribution is 2.27. The Balaban J connectivity index is 1.87. The van der Waals surface area contributed by atoms with E-state index in [4.69, 9.17) is 9.47 Å². The van der Waals surface area contributed by atoms with E-state index in [1.54, 1.807) is 26.4 Å². The number of carbonyl (C=O) groups is 2. The molecule has 7 heteroatoms. The van der Waals surface area contributed by atoms with Crippen molar-refractivity contribution < 1.29 is 19.1 Å². The lowest BCUT2D eigenvalue weighted by atomic mass is 10.1. The van der Waals surface area contributed by atoms with Crippen molar-refractivity contribution in [3.8, 4) is 11.5 Å². The molecule has 0 bridgehead atoms. The van der Waals surface area contributed by atoms with Gasteiger partial charge in [0.15, 0.2) is 11.5 Å². The molecule has 0 unspecified atom stereocenters. The number of hydrogen-bond acceptors (Lipinski definition) is 4. The Labute approximate surface area is 135 Å². The van der Waals surface area contributed by atoms with Crippen LogP contribution in [0, 0.1) is 0 Å². The van der Waals surface area contributed by atoms with Crippen LogP contribution >= 0.6 is 0 Å². The Kier molecular flexibility index (Phi) is 6.08. The van der Waals surface area contributed by atoms with Crippen LogP contribution in [0.5, 0.6) is 11.5 Å². The largest absolute Gasteiger partial charge is 0.493 e. The highest BCUT2D eigenvalue weighted by atomic mass is 16.5. The van der Waals surface area contributed by atoms with Gasteiger partial charge in [0.25, 0.3) is 0 Å². The van der Waals surface area contributed by atoms with Gasteiger partial charge in [-0.05, 0) is 37.0 Å². The normalized spacial score (nSPS) is 17.7. The number of rotatable bonds is 5. The van der Waals surface area contributed by atoms with E-state index in [9.17, 15) is 9.59 Å². The van der Waals surface area contributed by atoms with Crippen LogP contribution in [0.2, 0.25) is 0 Å². The predicted octanol–water partition coefficient (Wildman–Crippen LogP) is 1.17. The molecule has 23 heavy (non-hydrogen) atoms.